The molecule has 21 heavy (non-hydrogen) atoms. The third-order valence-corrected chi connectivity index (χ3v) is 3.11. The summed E-state index contributed by atoms with van der Waals surface area (Å²) in [4.78, 5) is 8.55. The summed E-state index contributed by atoms with van der Waals surface area (Å²) in [7, 11) is 3.27. The van der Waals surface area contributed by atoms with Gasteiger partial charge in [0.05, 0.1) is 14.2 Å². The number of aromatic nitrogens is 2. The molecule has 0 radical (unpaired) electrons. The Morgan fingerprint density at radius 1 is 1.10 bits per heavy atom. The first-order valence-corrected chi connectivity index (χ1v) is 6.91. The summed E-state index contributed by atoms with van der Waals surface area (Å²) >= 11 is 0. The Labute approximate surface area is 125 Å². The molecule has 2 aromatic rings. The van der Waals surface area contributed by atoms with Crippen molar-refractivity contribution in [3.8, 4) is 22.9 Å². The lowest BCUT2D eigenvalue weighted by molar-refractivity contribution is 0.397. The summed E-state index contributed by atoms with van der Waals surface area (Å²) in [6.07, 6.45) is 3.28. The molecule has 0 saturated heterocycles. The number of ether oxygens (including phenoxy) is 2. The van der Waals surface area contributed by atoms with Gasteiger partial charge in [0.25, 0.3) is 0 Å². The normalized spacial score (nSPS) is 10.7. The SMILES string of the molecule is COc1ccc(-c2nccnc2OC)cc1CNC(C)C. The zero-order chi connectivity index (χ0) is 15.2. The molecule has 1 aromatic carbocycles. The van der Waals surface area contributed by atoms with E-state index in [2.05, 4.69) is 35.2 Å². The van der Waals surface area contributed by atoms with Crippen molar-refractivity contribution in [1.29, 1.82) is 0 Å². The second-order valence-electron chi connectivity index (χ2n) is 4.98. The first-order valence-electron chi connectivity index (χ1n) is 6.91. The summed E-state index contributed by atoms with van der Waals surface area (Å²) < 4.78 is 10.7. The van der Waals surface area contributed by atoms with Crippen molar-refractivity contribution in [3.63, 3.8) is 0 Å². The van der Waals surface area contributed by atoms with Gasteiger partial charge < -0.3 is 14.8 Å². The molecule has 112 valence electrons. The van der Waals surface area contributed by atoms with Gasteiger partial charge >= 0.3 is 0 Å². The van der Waals surface area contributed by atoms with Crippen molar-refractivity contribution >= 4 is 0 Å². The quantitative estimate of drug-likeness (QED) is 0.885. The Kier molecular flexibility index (Phi) is 5.11. The lowest BCUT2D eigenvalue weighted by atomic mass is 10.1. The molecule has 1 heterocycles. The van der Waals surface area contributed by atoms with Gasteiger partial charge in [-0.3, -0.25) is 0 Å². The van der Waals surface area contributed by atoms with Crippen LogP contribution in [0.1, 0.15) is 19.4 Å². The molecular weight excluding hydrogens is 266 g/mol. The van der Waals surface area contributed by atoms with Gasteiger partial charge in [0, 0.05) is 36.1 Å². The topological polar surface area (TPSA) is 56.3 Å². The van der Waals surface area contributed by atoms with Crippen LogP contribution >= 0.6 is 0 Å². The van der Waals surface area contributed by atoms with Crippen LogP contribution in [0.15, 0.2) is 30.6 Å². The Bertz CT molecular complexity index is 600. The highest BCUT2D eigenvalue weighted by Gasteiger charge is 2.11. The van der Waals surface area contributed by atoms with Crippen LogP contribution in [0, 0.1) is 0 Å². The maximum Gasteiger partial charge on any atom is 0.240 e. The highest BCUT2D eigenvalue weighted by atomic mass is 16.5. The lowest BCUT2D eigenvalue weighted by Crippen LogP contribution is -2.22. The number of methoxy groups -OCH3 is 2. The predicted molar refractivity (Wildman–Crippen MR) is 82.5 cm³/mol. The average molecular weight is 287 g/mol. The minimum Gasteiger partial charge on any atom is -0.496 e. The van der Waals surface area contributed by atoms with Crippen molar-refractivity contribution in [1.82, 2.24) is 15.3 Å². The molecule has 0 aliphatic rings. The van der Waals surface area contributed by atoms with Crippen molar-refractivity contribution in [2.45, 2.75) is 26.4 Å². The van der Waals surface area contributed by atoms with Crippen LogP contribution in [0.4, 0.5) is 0 Å². The first kappa shape index (κ1) is 15.3. The van der Waals surface area contributed by atoms with Crippen molar-refractivity contribution in [2.24, 2.45) is 0 Å². The van der Waals surface area contributed by atoms with Crippen LogP contribution in [0.2, 0.25) is 0 Å². The molecule has 0 amide bonds. The second kappa shape index (κ2) is 7.04. The molecule has 1 N–H and O–H groups in total. The highest BCUT2D eigenvalue weighted by molar-refractivity contribution is 5.66. The maximum atomic E-state index is 5.42. The monoisotopic (exact) mass is 287 g/mol. The number of nitrogens with zero attached hydrogens (tertiary/aromatic N) is 2. The van der Waals surface area contributed by atoms with E-state index in [1.807, 2.05) is 12.1 Å². The van der Waals surface area contributed by atoms with Gasteiger partial charge in [-0.05, 0) is 18.2 Å². The first-order chi connectivity index (χ1) is 10.2. The number of benzene rings is 1. The van der Waals surface area contributed by atoms with Gasteiger partial charge in [-0.1, -0.05) is 13.8 Å². The maximum absolute atomic E-state index is 5.42. The largest absolute Gasteiger partial charge is 0.496 e. The number of hydrogen-bond donors (Lipinski definition) is 1. The lowest BCUT2D eigenvalue weighted by Gasteiger charge is -2.14. The second-order valence-corrected chi connectivity index (χ2v) is 4.98. The fraction of sp³-hybridized carbons (Fsp3) is 0.375. The molecule has 0 saturated carbocycles. The van der Waals surface area contributed by atoms with Crippen LogP contribution < -0.4 is 14.8 Å². The third kappa shape index (κ3) is 3.70. The van der Waals surface area contributed by atoms with Crippen LogP contribution in [0.5, 0.6) is 11.6 Å². The molecular formula is C16H21N3O2. The van der Waals surface area contributed by atoms with Crippen LogP contribution in [-0.2, 0) is 6.54 Å². The van der Waals surface area contributed by atoms with Gasteiger partial charge in [-0.2, -0.15) is 0 Å². The standard InChI is InChI=1S/C16H21N3O2/c1-11(2)19-10-13-9-12(5-6-14(13)20-3)15-16(21-4)18-8-7-17-15/h5-9,11,19H,10H2,1-4H3. The van der Waals surface area contributed by atoms with E-state index < -0.39 is 0 Å². The molecule has 5 heteroatoms. The summed E-state index contributed by atoms with van der Waals surface area (Å²) in [6.45, 7) is 4.96. The minimum absolute atomic E-state index is 0.407. The fourth-order valence-electron chi connectivity index (χ4n) is 2.05. The number of rotatable bonds is 6. The Morgan fingerprint density at radius 3 is 2.52 bits per heavy atom. The van der Waals surface area contributed by atoms with E-state index >= 15 is 0 Å². The smallest absolute Gasteiger partial charge is 0.240 e. The molecule has 0 unspecified atom stereocenters. The number of nitrogens with one attached hydrogen (secondary N) is 1. The fourth-order valence-corrected chi connectivity index (χ4v) is 2.05. The average Bonchev–Trinajstić information content (AvgIpc) is 2.52. The van der Waals surface area contributed by atoms with E-state index in [1.165, 1.54) is 0 Å². The zero-order valence-electron chi connectivity index (χ0n) is 12.9. The molecule has 5 nitrogen and oxygen atoms in total. The summed E-state index contributed by atoms with van der Waals surface area (Å²) in [5.74, 6) is 1.38. The van der Waals surface area contributed by atoms with E-state index in [4.69, 9.17) is 9.47 Å². The predicted octanol–water partition coefficient (Wildman–Crippen LogP) is 2.66. The zero-order valence-corrected chi connectivity index (χ0v) is 12.9. The molecule has 0 atom stereocenters. The van der Waals surface area contributed by atoms with Crippen molar-refractivity contribution in [2.75, 3.05) is 14.2 Å². The van der Waals surface area contributed by atoms with Gasteiger partial charge in [0.2, 0.25) is 5.88 Å². The van der Waals surface area contributed by atoms with E-state index in [9.17, 15) is 0 Å². The van der Waals surface area contributed by atoms with Gasteiger partial charge in [0.1, 0.15) is 11.4 Å². The van der Waals surface area contributed by atoms with Crippen LogP contribution in [0.3, 0.4) is 0 Å². The third-order valence-electron chi connectivity index (χ3n) is 3.11. The molecule has 0 spiro atoms. The van der Waals surface area contributed by atoms with E-state index in [0.29, 0.717) is 11.9 Å². The van der Waals surface area contributed by atoms with E-state index in [-0.39, 0.29) is 0 Å². The highest BCUT2D eigenvalue weighted by Crippen LogP contribution is 2.29. The van der Waals surface area contributed by atoms with Crippen LogP contribution in [0.25, 0.3) is 11.3 Å². The molecule has 0 fully saturated rings. The van der Waals surface area contributed by atoms with Crippen molar-refractivity contribution < 1.29 is 9.47 Å². The molecule has 0 aliphatic heterocycles. The van der Waals surface area contributed by atoms with Gasteiger partial charge in [0.15, 0.2) is 0 Å². The van der Waals surface area contributed by atoms with Gasteiger partial charge in [-0.25, -0.2) is 9.97 Å². The number of hydrogen-bond acceptors (Lipinski definition) is 5. The van der Waals surface area contributed by atoms with Crippen molar-refractivity contribution in [3.05, 3.63) is 36.2 Å². The molecule has 0 bridgehead atoms. The Balaban J connectivity index is 2.38. The molecule has 0 aliphatic carbocycles. The summed E-state index contributed by atoms with van der Waals surface area (Å²) in [5.41, 5.74) is 2.77. The Hall–Kier alpha value is -2.14. The summed E-state index contributed by atoms with van der Waals surface area (Å²) in [5, 5.41) is 3.40. The molecule has 1 aromatic heterocycles. The van der Waals surface area contributed by atoms with Gasteiger partial charge in [-0.15, -0.1) is 0 Å². The Morgan fingerprint density at radius 2 is 1.86 bits per heavy atom. The van der Waals surface area contributed by atoms with E-state index in [1.54, 1.807) is 26.6 Å². The van der Waals surface area contributed by atoms with E-state index in [0.717, 1.165) is 29.1 Å². The summed E-state index contributed by atoms with van der Waals surface area (Å²) in [6, 6.07) is 6.37. The van der Waals surface area contributed by atoms with Crippen LogP contribution in [-0.4, -0.2) is 30.2 Å². The molecule has 2 rings (SSSR count). The minimum atomic E-state index is 0.407.